The molecule has 0 saturated heterocycles. The quantitative estimate of drug-likeness (QED) is 0.134. The van der Waals surface area contributed by atoms with Crippen molar-refractivity contribution in [3.63, 3.8) is 0 Å². The van der Waals surface area contributed by atoms with Crippen LogP contribution in [0.15, 0.2) is 85.2 Å². The van der Waals surface area contributed by atoms with Crippen molar-refractivity contribution in [1.82, 2.24) is 19.9 Å². The van der Waals surface area contributed by atoms with E-state index in [0.29, 0.717) is 34.9 Å². The number of carboxylic acid groups (broad SMARTS) is 1. The van der Waals surface area contributed by atoms with Crippen molar-refractivity contribution >= 4 is 39.8 Å². The molecule has 5 aromatic rings. The van der Waals surface area contributed by atoms with Gasteiger partial charge in [0.1, 0.15) is 5.82 Å². The minimum Gasteiger partial charge on any atom is -0.478 e. The van der Waals surface area contributed by atoms with Gasteiger partial charge in [0.05, 0.1) is 16.6 Å². The molecule has 1 atom stereocenters. The van der Waals surface area contributed by atoms with E-state index in [1.807, 2.05) is 55.5 Å². The highest BCUT2D eigenvalue weighted by Gasteiger charge is 2.21. The maximum absolute atomic E-state index is 13.7. The summed E-state index contributed by atoms with van der Waals surface area (Å²) in [5.41, 5.74) is 6.59. The third-order valence-corrected chi connectivity index (χ3v) is 9.09. The summed E-state index contributed by atoms with van der Waals surface area (Å²) in [5.74, 6) is 0.611. The van der Waals surface area contributed by atoms with Crippen molar-refractivity contribution in [2.75, 3.05) is 5.75 Å². The Bertz CT molecular complexity index is 1880. The number of nitrogens with one attached hydrogen (secondary N) is 1. The molecule has 3 aromatic carbocycles. The molecule has 0 spiro atoms. The van der Waals surface area contributed by atoms with E-state index in [-0.39, 0.29) is 22.6 Å². The van der Waals surface area contributed by atoms with Crippen molar-refractivity contribution in [1.29, 1.82) is 0 Å². The molecule has 0 unspecified atom stereocenters. The molecule has 2 aromatic heterocycles. The highest BCUT2D eigenvalue weighted by molar-refractivity contribution is 8.14. The van der Waals surface area contributed by atoms with Crippen molar-refractivity contribution < 1.29 is 19.5 Å². The van der Waals surface area contributed by atoms with E-state index < -0.39 is 5.97 Å². The lowest BCUT2D eigenvalue weighted by atomic mass is 9.98. The van der Waals surface area contributed by atoms with Gasteiger partial charge in [-0.1, -0.05) is 75.0 Å². The van der Waals surface area contributed by atoms with Gasteiger partial charge in [0.15, 0.2) is 0 Å². The van der Waals surface area contributed by atoms with Crippen molar-refractivity contribution in [3.05, 3.63) is 119 Å². The Balaban J connectivity index is 1.40. The second-order valence-electron chi connectivity index (χ2n) is 12.2. The molecular weight excluding hydrogens is 609 g/mol. The van der Waals surface area contributed by atoms with Gasteiger partial charge in [-0.25, -0.2) is 9.78 Å². The van der Waals surface area contributed by atoms with Gasteiger partial charge in [-0.2, -0.15) is 0 Å². The smallest absolute Gasteiger partial charge is 0.336 e. The number of rotatable bonds is 13. The van der Waals surface area contributed by atoms with E-state index in [9.17, 15) is 19.5 Å². The number of hydrogen-bond acceptors (Lipinski definition) is 6. The van der Waals surface area contributed by atoms with E-state index in [0.717, 1.165) is 52.8 Å². The van der Waals surface area contributed by atoms with E-state index in [4.69, 9.17) is 4.98 Å². The summed E-state index contributed by atoms with van der Waals surface area (Å²) in [4.78, 5) is 47.2. The standard InChI is InChI=1S/C38H40N4O4S/c1-5-9-34-41-35-25(4)19-29(36(43)40-30(18-24(2)3)23-47-38(46)28-10-8-17-39-21-28)20-33(35)42(34)22-26-13-15-27(16-14-26)31-11-6-7-12-32(31)37(44)45/h6-8,10-17,19-21,24,30H,5,9,18,22-23H2,1-4H3,(H,40,43)(H,44,45)/t30-/m1/s1. The van der Waals surface area contributed by atoms with Crippen LogP contribution in [0, 0.1) is 12.8 Å². The molecule has 0 fully saturated rings. The normalized spacial score (nSPS) is 11.9. The first kappa shape index (κ1) is 33.6. The molecule has 0 aliphatic heterocycles. The maximum atomic E-state index is 13.7. The number of fused-ring (bicyclic) bond motifs is 1. The molecule has 5 rings (SSSR count). The van der Waals surface area contributed by atoms with Crippen LogP contribution in [0.5, 0.6) is 0 Å². The largest absolute Gasteiger partial charge is 0.478 e. The zero-order valence-electron chi connectivity index (χ0n) is 27.2. The van der Waals surface area contributed by atoms with Gasteiger partial charge in [0, 0.05) is 48.3 Å². The number of nitrogens with zero attached hydrogens (tertiary/aromatic N) is 3. The Morgan fingerprint density at radius 3 is 2.43 bits per heavy atom. The third kappa shape index (κ3) is 8.16. The Labute approximate surface area is 279 Å². The highest BCUT2D eigenvalue weighted by Crippen LogP contribution is 2.27. The molecule has 0 bridgehead atoms. The zero-order valence-corrected chi connectivity index (χ0v) is 28.0. The van der Waals surface area contributed by atoms with E-state index >= 15 is 0 Å². The number of aromatic nitrogens is 3. The van der Waals surface area contributed by atoms with Crippen molar-refractivity contribution in [3.8, 4) is 11.1 Å². The predicted octanol–water partition coefficient (Wildman–Crippen LogP) is 7.82. The van der Waals surface area contributed by atoms with Crippen molar-refractivity contribution in [2.45, 2.75) is 59.5 Å². The molecule has 1 amide bonds. The number of carbonyl (C=O) groups excluding carboxylic acids is 2. The fourth-order valence-corrected chi connectivity index (χ4v) is 6.67. The molecule has 8 nitrogen and oxygen atoms in total. The number of thioether (sulfide) groups is 1. The highest BCUT2D eigenvalue weighted by atomic mass is 32.2. The van der Waals surface area contributed by atoms with Gasteiger partial charge in [-0.15, -0.1) is 0 Å². The van der Waals surface area contributed by atoms with Gasteiger partial charge in [0.25, 0.3) is 5.91 Å². The van der Waals surface area contributed by atoms with Gasteiger partial charge >= 0.3 is 5.97 Å². The van der Waals surface area contributed by atoms with Crippen LogP contribution in [0.4, 0.5) is 0 Å². The number of carboxylic acids is 1. The summed E-state index contributed by atoms with van der Waals surface area (Å²) in [6.45, 7) is 8.87. The summed E-state index contributed by atoms with van der Waals surface area (Å²) in [6.07, 6.45) is 5.66. The van der Waals surface area contributed by atoms with Crippen LogP contribution < -0.4 is 5.32 Å². The number of pyridine rings is 1. The minimum atomic E-state index is -0.957. The predicted molar refractivity (Wildman–Crippen MR) is 188 cm³/mol. The Hall–Kier alpha value is -4.76. The molecule has 2 N–H and O–H groups in total. The zero-order chi connectivity index (χ0) is 33.5. The number of carbonyl (C=O) groups is 3. The minimum absolute atomic E-state index is 0.0650. The molecule has 242 valence electrons. The number of aryl methyl sites for hydroxylation is 2. The second kappa shape index (κ2) is 15.2. The van der Waals surface area contributed by atoms with Gasteiger partial charge in [-0.3, -0.25) is 14.6 Å². The monoisotopic (exact) mass is 648 g/mol. The van der Waals surface area contributed by atoms with Crippen LogP contribution in [0.1, 0.15) is 81.6 Å². The number of benzene rings is 3. The molecule has 0 radical (unpaired) electrons. The van der Waals surface area contributed by atoms with Crippen LogP contribution in [-0.4, -0.2) is 48.4 Å². The fraction of sp³-hybridized carbons (Fsp3) is 0.289. The first-order chi connectivity index (χ1) is 22.6. The first-order valence-electron chi connectivity index (χ1n) is 15.9. The van der Waals surface area contributed by atoms with Crippen LogP contribution in [0.25, 0.3) is 22.2 Å². The summed E-state index contributed by atoms with van der Waals surface area (Å²) in [7, 11) is 0. The average Bonchev–Trinajstić information content (AvgIpc) is 3.41. The Kier molecular flexibility index (Phi) is 10.9. The SMILES string of the molecule is CCCc1nc2c(C)cc(C(=O)N[C@@H](CSC(=O)c3cccnc3)CC(C)C)cc2n1Cc1ccc(-c2ccccc2C(=O)O)cc1. The summed E-state index contributed by atoms with van der Waals surface area (Å²) in [5, 5.41) is 12.8. The lowest BCUT2D eigenvalue weighted by Crippen LogP contribution is -2.38. The molecule has 0 aliphatic carbocycles. The van der Waals surface area contributed by atoms with Crippen LogP contribution in [0.2, 0.25) is 0 Å². The van der Waals surface area contributed by atoms with E-state index in [2.05, 4.69) is 35.6 Å². The Morgan fingerprint density at radius 1 is 0.979 bits per heavy atom. The summed E-state index contributed by atoms with van der Waals surface area (Å²) >= 11 is 1.20. The lowest BCUT2D eigenvalue weighted by molar-refractivity contribution is 0.0697. The van der Waals surface area contributed by atoms with Gasteiger partial charge in [-0.05, 0) is 78.3 Å². The average molecular weight is 649 g/mol. The number of imidazole rings is 1. The van der Waals surface area contributed by atoms with Crippen LogP contribution in [-0.2, 0) is 13.0 Å². The third-order valence-electron chi connectivity index (χ3n) is 8.03. The molecular formula is C38H40N4O4S. The molecule has 2 heterocycles. The summed E-state index contributed by atoms with van der Waals surface area (Å²) in [6, 6.07) is 22.0. The number of aromatic carboxylic acids is 1. The lowest BCUT2D eigenvalue weighted by Gasteiger charge is -2.20. The molecule has 47 heavy (non-hydrogen) atoms. The topological polar surface area (TPSA) is 114 Å². The van der Waals surface area contributed by atoms with Gasteiger partial charge in [0.2, 0.25) is 5.12 Å². The second-order valence-corrected chi connectivity index (χ2v) is 13.2. The molecule has 0 saturated carbocycles. The first-order valence-corrected chi connectivity index (χ1v) is 16.9. The van der Waals surface area contributed by atoms with Crippen molar-refractivity contribution in [2.24, 2.45) is 5.92 Å². The molecule has 9 heteroatoms. The van der Waals surface area contributed by atoms with Crippen LogP contribution >= 0.6 is 11.8 Å². The van der Waals surface area contributed by atoms with E-state index in [1.165, 1.54) is 11.8 Å². The molecule has 0 aliphatic rings. The van der Waals surface area contributed by atoms with Gasteiger partial charge < -0.3 is 15.0 Å². The number of hydrogen-bond donors (Lipinski definition) is 2. The maximum Gasteiger partial charge on any atom is 0.336 e. The van der Waals surface area contributed by atoms with Crippen LogP contribution in [0.3, 0.4) is 0 Å². The Morgan fingerprint density at radius 2 is 1.74 bits per heavy atom. The van der Waals surface area contributed by atoms with E-state index in [1.54, 1.807) is 36.7 Å². The summed E-state index contributed by atoms with van der Waals surface area (Å²) < 4.78 is 2.18. The fourth-order valence-electron chi connectivity index (χ4n) is 5.81. The number of amides is 1.